The van der Waals surface area contributed by atoms with Crippen molar-refractivity contribution in [2.24, 2.45) is 5.92 Å². The molecule has 0 bridgehead atoms. The number of nitrogens with zero attached hydrogens (tertiary/aromatic N) is 1. The van der Waals surface area contributed by atoms with E-state index in [4.69, 9.17) is 0 Å². The summed E-state index contributed by atoms with van der Waals surface area (Å²) in [6.45, 7) is 7.24. The van der Waals surface area contributed by atoms with E-state index in [1.165, 1.54) is 0 Å². The van der Waals surface area contributed by atoms with Gasteiger partial charge in [-0.2, -0.15) is 0 Å². The first kappa shape index (κ1) is 12.6. The van der Waals surface area contributed by atoms with Crippen molar-refractivity contribution >= 4 is 21.8 Å². The van der Waals surface area contributed by atoms with Crippen LogP contribution in [0.3, 0.4) is 0 Å². The number of halogens is 1. The van der Waals surface area contributed by atoms with Crippen molar-refractivity contribution in [3.63, 3.8) is 0 Å². The number of hydrogen-bond donors (Lipinski definition) is 0. The first-order valence-corrected chi connectivity index (χ1v) is 6.85. The molecular formula is C14H18BrNO. The van der Waals surface area contributed by atoms with Crippen molar-refractivity contribution in [1.29, 1.82) is 0 Å². The van der Waals surface area contributed by atoms with E-state index in [1.54, 1.807) is 0 Å². The molecule has 2 rings (SSSR count). The van der Waals surface area contributed by atoms with Gasteiger partial charge in [-0.15, -0.1) is 0 Å². The lowest BCUT2D eigenvalue weighted by Gasteiger charge is -2.21. The van der Waals surface area contributed by atoms with Crippen LogP contribution < -0.4 is 0 Å². The molecule has 17 heavy (non-hydrogen) atoms. The van der Waals surface area contributed by atoms with Crippen molar-refractivity contribution in [2.75, 3.05) is 6.54 Å². The number of aryl methyl sites for hydroxylation is 1. The smallest absolute Gasteiger partial charge is 0.254 e. The van der Waals surface area contributed by atoms with E-state index in [0.29, 0.717) is 12.0 Å². The number of carbonyl (C=O) groups is 1. The summed E-state index contributed by atoms with van der Waals surface area (Å²) in [5.41, 5.74) is 1.94. The van der Waals surface area contributed by atoms with Gasteiger partial charge in [0.05, 0.1) is 0 Å². The molecule has 2 nitrogen and oxygen atoms in total. The number of amides is 1. The van der Waals surface area contributed by atoms with Crippen molar-refractivity contribution in [1.82, 2.24) is 4.90 Å². The molecule has 0 radical (unpaired) electrons. The highest BCUT2D eigenvalue weighted by atomic mass is 79.9. The van der Waals surface area contributed by atoms with Gasteiger partial charge < -0.3 is 4.90 Å². The fraction of sp³-hybridized carbons (Fsp3) is 0.500. The molecule has 1 amide bonds. The van der Waals surface area contributed by atoms with Crippen LogP contribution in [-0.4, -0.2) is 23.4 Å². The summed E-state index contributed by atoms with van der Waals surface area (Å²) in [6.07, 6.45) is 1.11. The molecule has 0 N–H and O–H groups in total. The van der Waals surface area contributed by atoms with Crippen LogP contribution in [0.4, 0.5) is 0 Å². The minimum Gasteiger partial charge on any atom is -0.336 e. The molecule has 2 atom stereocenters. The molecule has 0 spiro atoms. The quantitative estimate of drug-likeness (QED) is 0.775. The molecule has 92 valence electrons. The summed E-state index contributed by atoms with van der Waals surface area (Å²) in [5, 5.41) is 0. The van der Waals surface area contributed by atoms with Crippen LogP contribution in [0, 0.1) is 12.8 Å². The van der Waals surface area contributed by atoms with E-state index in [2.05, 4.69) is 29.8 Å². The van der Waals surface area contributed by atoms with Gasteiger partial charge in [-0.25, -0.2) is 0 Å². The number of benzene rings is 1. The molecule has 1 fully saturated rings. The summed E-state index contributed by atoms with van der Waals surface area (Å²) in [6, 6.07) is 6.19. The van der Waals surface area contributed by atoms with Crippen LogP contribution in [0.5, 0.6) is 0 Å². The highest BCUT2D eigenvalue weighted by Crippen LogP contribution is 2.25. The monoisotopic (exact) mass is 295 g/mol. The molecule has 3 heteroatoms. The SMILES string of the molecule is Cc1ccc(C(=O)N2CC(C)CC2C)cc1Br. The Morgan fingerprint density at radius 3 is 2.65 bits per heavy atom. The van der Waals surface area contributed by atoms with Crippen molar-refractivity contribution in [3.05, 3.63) is 33.8 Å². The van der Waals surface area contributed by atoms with Gasteiger partial charge in [-0.3, -0.25) is 4.79 Å². The van der Waals surface area contributed by atoms with Crippen LogP contribution in [0.2, 0.25) is 0 Å². The van der Waals surface area contributed by atoms with Gasteiger partial charge in [0.15, 0.2) is 0 Å². The third-order valence-corrected chi connectivity index (χ3v) is 4.32. The fourth-order valence-electron chi connectivity index (χ4n) is 2.47. The maximum absolute atomic E-state index is 12.4. The zero-order chi connectivity index (χ0) is 12.6. The van der Waals surface area contributed by atoms with Gasteiger partial charge in [-0.1, -0.05) is 28.9 Å². The van der Waals surface area contributed by atoms with E-state index in [-0.39, 0.29) is 5.91 Å². The van der Waals surface area contributed by atoms with Gasteiger partial charge in [0.2, 0.25) is 0 Å². The molecule has 1 aromatic carbocycles. The van der Waals surface area contributed by atoms with E-state index < -0.39 is 0 Å². The average molecular weight is 296 g/mol. The van der Waals surface area contributed by atoms with E-state index in [1.807, 2.05) is 30.0 Å². The van der Waals surface area contributed by atoms with E-state index in [9.17, 15) is 4.79 Å². The topological polar surface area (TPSA) is 20.3 Å². The lowest BCUT2D eigenvalue weighted by atomic mass is 10.1. The van der Waals surface area contributed by atoms with Crippen molar-refractivity contribution in [3.8, 4) is 0 Å². The van der Waals surface area contributed by atoms with Crippen LogP contribution in [-0.2, 0) is 0 Å². The highest BCUT2D eigenvalue weighted by Gasteiger charge is 2.30. The molecule has 0 saturated carbocycles. The Morgan fingerprint density at radius 2 is 2.12 bits per heavy atom. The van der Waals surface area contributed by atoms with Gasteiger partial charge in [0, 0.05) is 22.6 Å². The number of hydrogen-bond acceptors (Lipinski definition) is 1. The molecular weight excluding hydrogens is 278 g/mol. The Balaban J connectivity index is 2.22. The summed E-state index contributed by atoms with van der Waals surface area (Å²) in [4.78, 5) is 14.4. The van der Waals surface area contributed by atoms with Gasteiger partial charge in [-0.05, 0) is 43.9 Å². The van der Waals surface area contributed by atoms with E-state index >= 15 is 0 Å². The second kappa shape index (κ2) is 4.81. The molecule has 0 aromatic heterocycles. The normalized spacial score (nSPS) is 24.1. The maximum Gasteiger partial charge on any atom is 0.254 e. The predicted octanol–water partition coefficient (Wildman–Crippen LogP) is 3.63. The lowest BCUT2D eigenvalue weighted by molar-refractivity contribution is 0.0743. The Bertz CT molecular complexity index is 444. The highest BCUT2D eigenvalue weighted by molar-refractivity contribution is 9.10. The van der Waals surface area contributed by atoms with Crippen LogP contribution in [0.25, 0.3) is 0 Å². The summed E-state index contributed by atoms with van der Waals surface area (Å²) < 4.78 is 1.00. The standard InChI is InChI=1S/C14H18BrNO/c1-9-6-11(3)16(8-9)14(17)12-5-4-10(2)13(15)7-12/h4-5,7,9,11H,6,8H2,1-3H3. The summed E-state index contributed by atoms with van der Waals surface area (Å²) in [7, 11) is 0. The minimum absolute atomic E-state index is 0.155. The summed E-state index contributed by atoms with van der Waals surface area (Å²) >= 11 is 3.48. The zero-order valence-electron chi connectivity index (χ0n) is 10.5. The Hall–Kier alpha value is -0.830. The molecule has 0 aliphatic carbocycles. The van der Waals surface area contributed by atoms with Gasteiger partial charge in [0.1, 0.15) is 0 Å². The molecule has 1 aliphatic heterocycles. The first-order chi connectivity index (χ1) is 7.99. The Labute approximate surface area is 111 Å². The first-order valence-electron chi connectivity index (χ1n) is 6.06. The largest absolute Gasteiger partial charge is 0.336 e. The molecule has 1 aromatic rings. The minimum atomic E-state index is 0.155. The molecule has 1 aliphatic rings. The van der Waals surface area contributed by atoms with Gasteiger partial charge in [0.25, 0.3) is 5.91 Å². The Morgan fingerprint density at radius 1 is 1.41 bits per heavy atom. The summed E-state index contributed by atoms with van der Waals surface area (Å²) in [5.74, 6) is 0.769. The zero-order valence-corrected chi connectivity index (χ0v) is 12.1. The number of likely N-dealkylation sites (tertiary alicyclic amines) is 1. The third-order valence-electron chi connectivity index (χ3n) is 3.46. The Kier molecular flexibility index (Phi) is 3.57. The van der Waals surface area contributed by atoms with Crippen LogP contribution in [0.15, 0.2) is 22.7 Å². The fourth-order valence-corrected chi connectivity index (χ4v) is 2.85. The maximum atomic E-state index is 12.4. The van der Waals surface area contributed by atoms with Crippen molar-refractivity contribution < 1.29 is 4.79 Å². The number of rotatable bonds is 1. The van der Waals surface area contributed by atoms with Crippen LogP contribution >= 0.6 is 15.9 Å². The average Bonchev–Trinajstić information content (AvgIpc) is 2.61. The van der Waals surface area contributed by atoms with E-state index in [0.717, 1.165) is 28.6 Å². The predicted molar refractivity (Wildman–Crippen MR) is 73.2 cm³/mol. The van der Waals surface area contributed by atoms with Crippen molar-refractivity contribution in [2.45, 2.75) is 33.2 Å². The van der Waals surface area contributed by atoms with Gasteiger partial charge >= 0.3 is 0 Å². The second-order valence-corrected chi connectivity index (χ2v) is 5.97. The third kappa shape index (κ3) is 2.54. The lowest BCUT2D eigenvalue weighted by Crippen LogP contribution is -2.33. The number of carbonyl (C=O) groups excluding carboxylic acids is 1. The second-order valence-electron chi connectivity index (χ2n) is 5.11. The molecule has 1 heterocycles. The van der Waals surface area contributed by atoms with Crippen LogP contribution in [0.1, 0.15) is 36.2 Å². The molecule has 2 unspecified atom stereocenters. The molecule has 1 saturated heterocycles.